The van der Waals surface area contributed by atoms with Crippen molar-refractivity contribution in [1.29, 1.82) is 0 Å². The summed E-state index contributed by atoms with van der Waals surface area (Å²) in [4.78, 5) is 0. The Kier molecular flexibility index (Phi) is 3.21. The lowest BCUT2D eigenvalue weighted by Crippen LogP contribution is -2.35. The smallest absolute Gasteiger partial charge is 0.169 e. The summed E-state index contributed by atoms with van der Waals surface area (Å²) in [6, 6.07) is 4.08. The molecule has 2 N–H and O–H groups in total. The summed E-state index contributed by atoms with van der Waals surface area (Å²) in [6.45, 7) is 2.97. The molecular formula is C12H18BrNO. The van der Waals surface area contributed by atoms with Gasteiger partial charge in [-0.2, -0.15) is 0 Å². The van der Waals surface area contributed by atoms with Crippen molar-refractivity contribution in [2.24, 2.45) is 11.7 Å². The summed E-state index contributed by atoms with van der Waals surface area (Å²) in [5.74, 6) is 1.61. The molecule has 0 aliphatic heterocycles. The normalized spacial score (nSPS) is 21.8. The minimum absolute atomic E-state index is 0.195. The van der Waals surface area contributed by atoms with E-state index < -0.39 is 0 Å². The fraction of sp³-hybridized carbons (Fsp3) is 0.667. The maximum atomic E-state index is 5.83. The molecule has 1 heterocycles. The van der Waals surface area contributed by atoms with Crippen LogP contribution in [-0.2, 0) is 5.41 Å². The number of hydrogen-bond donors (Lipinski definition) is 1. The number of halogens is 1. The zero-order valence-electron chi connectivity index (χ0n) is 9.13. The van der Waals surface area contributed by atoms with Crippen LogP contribution in [0.3, 0.4) is 0 Å². The lowest BCUT2D eigenvalue weighted by atomic mass is 9.73. The molecule has 0 amide bonds. The molecule has 0 bridgehead atoms. The molecule has 1 fully saturated rings. The Bertz CT molecular complexity index is 328. The topological polar surface area (TPSA) is 39.2 Å². The van der Waals surface area contributed by atoms with Gasteiger partial charge in [-0.3, -0.25) is 0 Å². The van der Waals surface area contributed by atoms with E-state index in [0.29, 0.717) is 5.92 Å². The van der Waals surface area contributed by atoms with Gasteiger partial charge >= 0.3 is 0 Å². The molecule has 0 saturated heterocycles. The van der Waals surface area contributed by atoms with Gasteiger partial charge in [0.05, 0.1) is 0 Å². The van der Waals surface area contributed by atoms with Gasteiger partial charge in [0.15, 0.2) is 4.67 Å². The molecule has 84 valence electrons. The summed E-state index contributed by atoms with van der Waals surface area (Å²) < 4.78 is 6.58. The third-order valence-electron chi connectivity index (χ3n) is 3.86. The van der Waals surface area contributed by atoms with E-state index >= 15 is 0 Å². The third-order valence-corrected chi connectivity index (χ3v) is 4.28. The van der Waals surface area contributed by atoms with E-state index in [9.17, 15) is 0 Å². The Morgan fingerprint density at radius 1 is 1.47 bits per heavy atom. The van der Waals surface area contributed by atoms with E-state index in [1.807, 2.05) is 6.07 Å². The summed E-state index contributed by atoms with van der Waals surface area (Å²) >= 11 is 3.38. The maximum Gasteiger partial charge on any atom is 0.169 e. The number of nitrogens with two attached hydrogens (primary N) is 1. The predicted octanol–water partition coefficient (Wildman–Crippen LogP) is 3.45. The van der Waals surface area contributed by atoms with Crippen LogP contribution in [0.4, 0.5) is 0 Å². The van der Waals surface area contributed by atoms with E-state index in [4.69, 9.17) is 10.2 Å². The molecule has 3 heteroatoms. The second-order valence-corrected chi connectivity index (χ2v) is 5.39. The molecule has 15 heavy (non-hydrogen) atoms. The maximum absolute atomic E-state index is 5.83. The van der Waals surface area contributed by atoms with Gasteiger partial charge in [0.1, 0.15) is 5.76 Å². The molecule has 1 aromatic heterocycles. The van der Waals surface area contributed by atoms with Crippen LogP contribution in [0, 0.1) is 5.92 Å². The molecular weight excluding hydrogens is 254 g/mol. The molecule has 0 aromatic carbocycles. The lowest BCUT2D eigenvalue weighted by Gasteiger charge is -2.32. The van der Waals surface area contributed by atoms with E-state index in [1.165, 1.54) is 25.7 Å². The monoisotopic (exact) mass is 271 g/mol. The van der Waals surface area contributed by atoms with Crippen LogP contribution >= 0.6 is 15.9 Å². The van der Waals surface area contributed by atoms with E-state index in [1.54, 1.807) is 0 Å². The Hall–Kier alpha value is -0.280. The summed E-state index contributed by atoms with van der Waals surface area (Å²) in [5.41, 5.74) is 6.02. The van der Waals surface area contributed by atoms with Crippen molar-refractivity contribution in [2.75, 3.05) is 6.54 Å². The van der Waals surface area contributed by atoms with Crippen molar-refractivity contribution in [3.05, 3.63) is 22.6 Å². The number of furan rings is 1. The number of rotatable bonds is 3. The van der Waals surface area contributed by atoms with E-state index in [0.717, 1.165) is 17.0 Å². The summed E-state index contributed by atoms with van der Waals surface area (Å²) in [6.07, 6.45) is 5.02. The first-order chi connectivity index (χ1) is 7.19. The molecule has 1 aliphatic rings. The average molecular weight is 272 g/mol. The van der Waals surface area contributed by atoms with Crippen LogP contribution in [0.5, 0.6) is 0 Å². The molecule has 2 rings (SSSR count). The molecule has 1 saturated carbocycles. The number of hydrogen-bond acceptors (Lipinski definition) is 2. The molecule has 1 unspecified atom stereocenters. The van der Waals surface area contributed by atoms with Crippen molar-refractivity contribution in [3.8, 4) is 0 Å². The quantitative estimate of drug-likeness (QED) is 0.915. The van der Waals surface area contributed by atoms with Crippen molar-refractivity contribution in [2.45, 2.75) is 38.0 Å². The highest BCUT2D eigenvalue weighted by atomic mass is 79.9. The van der Waals surface area contributed by atoms with Gasteiger partial charge < -0.3 is 10.2 Å². The highest BCUT2D eigenvalue weighted by Gasteiger charge is 2.42. The second-order valence-electron chi connectivity index (χ2n) is 4.60. The Morgan fingerprint density at radius 2 is 2.13 bits per heavy atom. The van der Waals surface area contributed by atoms with Crippen LogP contribution in [0.2, 0.25) is 0 Å². The van der Waals surface area contributed by atoms with Crippen LogP contribution < -0.4 is 5.73 Å². The fourth-order valence-corrected chi connectivity index (χ4v) is 3.10. The van der Waals surface area contributed by atoms with Gasteiger partial charge in [0, 0.05) is 5.41 Å². The van der Waals surface area contributed by atoms with Crippen molar-refractivity contribution >= 4 is 15.9 Å². The summed E-state index contributed by atoms with van der Waals surface area (Å²) in [5, 5.41) is 0. The Balaban J connectivity index is 2.34. The standard InChI is InChI=1S/C12H18BrNO/c1-9(8-14)12(6-2-3-7-12)10-4-5-11(13)15-10/h4-5,9H,2-3,6-8,14H2,1H3. The first-order valence-corrected chi connectivity index (χ1v) is 6.44. The zero-order chi connectivity index (χ0) is 10.9. The van der Waals surface area contributed by atoms with Gasteiger partial charge in [-0.15, -0.1) is 0 Å². The first kappa shape index (κ1) is 11.2. The van der Waals surface area contributed by atoms with E-state index in [-0.39, 0.29) is 5.41 Å². The van der Waals surface area contributed by atoms with Crippen molar-refractivity contribution < 1.29 is 4.42 Å². The van der Waals surface area contributed by atoms with Crippen LogP contribution in [0.1, 0.15) is 38.4 Å². The first-order valence-electron chi connectivity index (χ1n) is 5.65. The third kappa shape index (κ3) is 1.87. The molecule has 0 radical (unpaired) electrons. The van der Waals surface area contributed by atoms with Gasteiger partial charge in [0.25, 0.3) is 0 Å². The summed E-state index contributed by atoms with van der Waals surface area (Å²) in [7, 11) is 0. The fourth-order valence-electron chi connectivity index (χ4n) is 2.80. The average Bonchev–Trinajstić information content (AvgIpc) is 2.85. The highest BCUT2D eigenvalue weighted by Crippen LogP contribution is 2.47. The van der Waals surface area contributed by atoms with Gasteiger partial charge in [0.2, 0.25) is 0 Å². The Morgan fingerprint density at radius 3 is 2.60 bits per heavy atom. The highest BCUT2D eigenvalue weighted by molar-refractivity contribution is 9.10. The predicted molar refractivity (Wildman–Crippen MR) is 64.8 cm³/mol. The molecule has 2 nitrogen and oxygen atoms in total. The van der Waals surface area contributed by atoms with Crippen LogP contribution in [-0.4, -0.2) is 6.54 Å². The van der Waals surface area contributed by atoms with Crippen molar-refractivity contribution in [1.82, 2.24) is 0 Å². The Labute approximate surface area is 99.3 Å². The minimum atomic E-state index is 0.195. The van der Waals surface area contributed by atoms with Crippen LogP contribution in [0.25, 0.3) is 0 Å². The zero-order valence-corrected chi connectivity index (χ0v) is 10.7. The SMILES string of the molecule is CC(CN)C1(c2ccc(Br)o2)CCCC1. The van der Waals surface area contributed by atoms with Gasteiger partial charge in [-0.05, 0) is 53.4 Å². The lowest BCUT2D eigenvalue weighted by molar-refractivity contribution is 0.242. The largest absolute Gasteiger partial charge is 0.454 e. The minimum Gasteiger partial charge on any atom is -0.454 e. The van der Waals surface area contributed by atoms with Crippen LogP contribution in [0.15, 0.2) is 21.2 Å². The van der Waals surface area contributed by atoms with Gasteiger partial charge in [-0.25, -0.2) is 0 Å². The molecule has 1 aliphatic carbocycles. The van der Waals surface area contributed by atoms with E-state index in [2.05, 4.69) is 28.9 Å². The van der Waals surface area contributed by atoms with Gasteiger partial charge in [-0.1, -0.05) is 19.8 Å². The molecule has 1 aromatic rings. The molecule has 1 atom stereocenters. The second kappa shape index (κ2) is 4.30. The molecule has 0 spiro atoms. The van der Waals surface area contributed by atoms with Crippen molar-refractivity contribution in [3.63, 3.8) is 0 Å².